The smallest absolute Gasteiger partial charge is 0.227 e. The van der Waals surface area contributed by atoms with Crippen LogP contribution in [0, 0.1) is 0 Å². The highest BCUT2D eigenvalue weighted by molar-refractivity contribution is 9.10. The van der Waals surface area contributed by atoms with E-state index in [1.165, 1.54) is 5.56 Å². The van der Waals surface area contributed by atoms with Gasteiger partial charge in [0, 0.05) is 29.4 Å². The maximum absolute atomic E-state index is 11.9. The van der Waals surface area contributed by atoms with Crippen molar-refractivity contribution in [3.05, 3.63) is 70.5 Å². The van der Waals surface area contributed by atoms with Crippen molar-refractivity contribution in [2.24, 2.45) is 0 Å². The van der Waals surface area contributed by atoms with Gasteiger partial charge in [0.25, 0.3) is 0 Å². The Bertz CT molecular complexity index is 816. The molecule has 0 aliphatic carbocycles. The Balaban J connectivity index is 1.44. The molecule has 128 valence electrons. The maximum atomic E-state index is 11.9. The molecule has 1 aromatic heterocycles. The second-order valence-electron chi connectivity index (χ2n) is 5.60. The third kappa shape index (κ3) is 5.26. The van der Waals surface area contributed by atoms with Crippen LogP contribution in [0.25, 0.3) is 11.4 Å². The van der Waals surface area contributed by atoms with Crippen molar-refractivity contribution in [1.82, 2.24) is 15.5 Å². The maximum Gasteiger partial charge on any atom is 0.227 e. The van der Waals surface area contributed by atoms with Gasteiger partial charge in [0.05, 0.1) is 0 Å². The zero-order valence-corrected chi connectivity index (χ0v) is 15.2. The van der Waals surface area contributed by atoms with Gasteiger partial charge in [0.2, 0.25) is 17.6 Å². The molecule has 0 spiro atoms. The Kier molecular flexibility index (Phi) is 5.95. The van der Waals surface area contributed by atoms with Crippen LogP contribution in [0.5, 0.6) is 0 Å². The van der Waals surface area contributed by atoms with Crippen LogP contribution < -0.4 is 5.32 Å². The molecule has 1 heterocycles. The number of carbonyl (C=O) groups excluding carboxylic acids is 1. The lowest BCUT2D eigenvalue weighted by molar-refractivity contribution is -0.121. The first kappa shape index (κ1) is 17.4. The molecule has 3 rings (SSSR count). The molecule has 6 heteroatoms. The van der Waals surface area contributed by atoms with Gasteiger partial charge in [-0.1, -0.05) is 51.4 Å². The van der Waals surface area contributed by atoms with Gasteiger partial charge >= 0.3 is 0 Å². The summed E-state index contributed by atoms with van der Waals surface area (Å²) >= 11 is 3.39. The second kappa shape index (κ2) is 8.58. The molecule has 0 fully saturated rings. The molecule has 0 saturated carbocycles. The molecule has 1 N–H and O–H groups in total. The Labute approximate surface area is 154 Å². The Hall–Kier alpha value is -2.47. The van der Waals surface area contributed by atoms with E-state index in [1.807, 2.05) is 54.6 Å². The number of benzene rings is 2. The molecule has 0 unspecified atom stereocenters. The summed E-state index contributed by atoms with van der Waals surface area (Å²) < 4.78 is 6.21. The molecule has 0 aliphatic heterocycles. The molecule has 0 bridgehead atoms. The van der Waals surface area contributed by atoms with Crippen molar-refractivity contribution in [3.8, 4) is 11.4 Å². The number of hydrogen-bond donors (Lipinski definition) is 1. The molecule has 0 atom stereocenters. The van der Waals surface area contributed by atoms with E-state index < -0.39 is 0 Å². The number of hydrogen-bond acceptors (Lipinski definition) is 4. The predicted molar refractivity (Wildman–Crippen MR) is 98.9 cm³/mol. The Morgan fingerprint density at radius 2 is 1.80 bits per heavy atom. The van der Waals surface area contributed by atoms with Crippen molar-refractivity contribution in [2.75, 3.05) is 6.54 Å². The summed E-state index contributed by atoms with van der Waals surface area (Å²) in [4.78, 5) is 16.3. The van der Waals surface area contributed by atoms with Gasteiger partial charge in [-0.05, 0) is 36.2 Å². The van der Waals surface area contributed by atoms with Crippen molar-refractivity contribution >= 4 is 21.8 Å². The monoisotopic (exact) mass is 399 g/mol. The molecular formula is C19H18BrN3O2. The minimum atomic E-state index is -0.0145. The molecule has 0 saturated heterocycles. The van der Waals surface area contributed by atoms with Crippen molar-refractivity contribution in [3.63, 3.8) is 0 Å². The topological polar surface area (TPSA) is 68.0 Å². The van der Waals surface area contributed by atoms with Crippen LogP contribution in [0.1, 0.15) is 17.9 Å². The lowest BCUT2D eigenvalue weighted by Gasteiger charge is -2.04. The highest BCUT2D eigenvalue weighted by atomic mass is 79.9. The van der Waals surface area contributed by atoms with Crippen LogP contribution in [0.2, 0.25) is 0 Å². The van der Waals surface area contributed by atoms with Crippen molar-refractivity contribution in [2.45, 2.75) is 19.3 Å². The highest BCUT2D eigenvalue weighted by Gasteiger charge is 2.10. The summed E-state index contributed by atoms with van der Waals surface area (Å²) in [6.07, 6.45) is 1.58. The average molecular weight is 400 g/mol. The SMILES string of the molecule is O=C(CCc1nc(-c2ccc(Br)cc2)no1)NCCc1ccccc1. The molecule has 25 heavy (non-hydrogen) atoms. The summed E-state index contributed by atoms with van der Waals surface area (Å²) in [7, 11) is 0. The van der Waals surface area contributed by atoms with Crippen molar-refractivity contribution in [1.29, 1.82) is 0 Å². The molecule has 0 aliphatic rings. The fourth-order valence-corrected chi connectivity index (χ4v) is 2.64. The highest BCUT2D eigenvalue weighted by Crippen LogP contribution is 2.19. The van der Waals surface area contributed by atoms with E-state index in [2.05, 4.69) is 31.4 Å². The van der Waals surface area contributed by atoms with Gasteiger partial charge in [0.15, 0.2) is 0 Å². The van der Waals surface area contributed by atoms with E-state index in [4.69, 9.17) is 4.52 Å². The number of aromatic nitrogens is 2. The number of rotatable bonds is 7. The standard InChI is InChI=1S/C19H18BrN3O2/c20-16-8-6-15(7-9-16)19-22-18(25-23-19)11-10-17(24)21-13-12-14-4-2-1-3-5-14/h1-9H,10-13H2,(H,21,24). The average Bonchev–Trinajstić information content (AvgIpc) is 3.10. The van der Waals surface area contributed by atoms with Gasteiger partial charge in [0.1, 0.15) is 0 Å². The molecule has 1 amide bonds. The van der Waals surface area contributed by atoms with E-state index in [-0.39, 0.29) is 5.91 Å². The lowest BCUT2D eigenvalue weighted by Crippen LogP contribution is -2.25. The minimum Gasteiger partial charge on any atom is -0.356 e. The van der Waals surface area contributed by atoms with Gasteiger partial charge in [-0.25, -0.2) is 0 Å². The van der Waals surface area contributed by atoms with Gasteiger partial charge in [-0.2, -0.15) is 4.98 Å². The van der Waals surface area contributed by atoms with E-state index in [0.29, 0.717) is 31.1 Å². The van der Waals surface area contributed by atoms with Crippen molar-refractivity contribution < 1.29 is 9.32 Å². The fourth-order valence-electron chi connectivity index (χ4n) is 2.37. The van der Waals surface area contributed by atoms with Crippen LogP contribution >= 0.6 is 15.9 Å². The molecule has 5 nitrogen and oxygen atoms in total. The summed E-state index contributed by atoms with van der Waals surface area (Å²) in [5.74, 6) is 0.988. The number of amides is 1. The predicted octanol–water partition coefficient (Wildman–Crippen LogP) is 3.79. The third-order valence-corrected chi connectivity index (χ3v) is 4.24. The molecule has 3 aromatic rings. The van der Waals surface area contributed by atoms with Crippen LogP contribution in [0.4, 0.5) is 0 Å². The van der Waals surface area contributed by atoms with Gasteiger partial charge in [-0.3, -0.25) is 4.79 Å². The van der Waals surface area contributed by atoms with Crippen LogP contribution in [0.15, 0.2) is 63.6 Å². The number of halogens is 1. The van der Waals surface area contributed by atoms with E-state index in [9.17, 15) is 4.79 Å². The Morgan fingerprint density at radius 3 is 2.56 bits per heavy atom. The normalized spacial score (nSPS) is 10.6. The van der Waals surface area contributed by atoms with Gasteiger partial charge in [-0.15, -0.1) is 0 Å². The van der Waals surface area contributed by atoms with E-state index in [1.54, 1.807) is 0 Å². The first-order chi connectivity index (χ1) is 12.2. The largest absolute Gasteiger partial charge is 0.356 e. The van der Waals surface area contributed by atoms with Crippen LogP contribution in [-0.2, 0) is 17.6 Å². The van der Waals surface area contributed by atoms with E-state index in [0.717, 1.165) is 16.5 Å². The first-order valence-electron chi connectivity index (χ1n) is 8.10. The summed E-state index contributed by atoms with van der Waals surface area (Å²) in [6.45, 7) is 0.622. The minimum absolute atomic E-state index is 0.0145. The van der Waals surface area contributed by atoms with E-state index >= 15 is 0 Å². The summed E-state index contributed by atoms with van der Waals surface area (Å²) in [5, 5.41) is 6.87. The number of nitrogens with one attached hydrogen (secondary N) is 1. The molecule has 2 aromatic carbocycles. The quantitative estimate of drug-likeness (QED) is 0.655. The summed E-state index contributed by atoms with van der Waals surface area (Å²) in [5.41, 5.74) is 2.09. The summed E-state index contributed by atoms with van der Waals surface area (Å²) in [6, 6.07) is 17.7. The third-order valence-electron chi connectivity index (χ3n) is 3.72. The van der Waals surface area contributed by atoms with Gasteiger partial charge < -0.3 is 9.84 Å². The van der Waals surface area contributed by atoms with Crippen LogP contribution in [-0.4, -0.2) is 22.6 Å². The fraction of sp³-hybridized carbons (Fsp3) is 0.211. The Morgan fingerprint density at radius 1 is 1.04 bits per heavy atom. The zero-order chi connectivity index (χ0) is 17.5. The first-order valence-corrected chi connectivity index (χ1v) is 8.89. The molecule has 0 radical (unpaired) electrons. The van der Waals surface area contributed by atoms with Crippen LogP contribution in [0.3, 0.4) is 0 Å². The second-order valence-corrected chi connectivity index (χ2v) is 6.52. The molecular weight excluding hydrogens is 382 g/mol. The zero-order valence-electron chi connectivity index (χ0n) is 13.6. The number of carbonyl (C=O) groups is 1. The number of aryl methyl sites for hydroxylation is 1. The number of nitrogens with zero attached hydrogens (tertiary/aromatic N) is 2. The lowest BCUT2D eigenvalue weighted by atomic mass is 10.1.